The fourth-order valence-electron chi connectivity index (χ4n) is 1.27. The SMILES string of the molecule is C[C@@H](CO)NCC(=O)NCc1cccc(Cl)c1F. The maximum atomic E-state index is 13.5. The highest BCUT2D eigenvalue weighted by Crippen LogP contribution is 2.17. The van der Waals surface area contributed by atoms with Crippen LogP contribution in [0.3, 0.4) is 0 Å². The van der Waals surface area contributed by atoms with Gasteiger partial charge in [-0.15, -0.1) is 0 Å². The molecule has 1 aromatic carbocycles. The molecule has 0 radical (unpaired) electrons. The van der Waals surface area contributed by atoms with Gasteiger partial charge < -0.3 is 15.7 Å². The van der Waals surface area contributed by atoms with Gasteiger partial charge in [0, 0.05) is 18.2 Å². The number of hydrogen-bond acceptors (Lipinski definition) is 3. The monoisotopic (exact) mass is 274 g/mol. The van der Waals surface area contributed by atoms with Crippen molar-refractivity contribution in [1.82, 2.24) is 10.6 Å². The molecule has 0 saturated heterocycles. The highest BCUT2D eigenvalue weighted by Gasteiger charge is 2.08. The van der Waals surface area contributed by atoms with Gasteiger partial charge in [-0.25, -0.2) is 4.39 Å². The summed E-state index contributed by atoms with van der Waals surface area (Å²) in [4.78, 5) is 11.4. The molecule has 0 fully saturated rings. The van der Waals surface area contributed by atoms with E-state index in [9.17, 15) is 9.18 Å². The van der Waals surface area contributed by atoms with Crippen molar-refractivity contribution < 1.29 is 14.3 Å². The normalized spacial score (nSPS) is 12.2. The number of benzene rings is 1. The maximum absolute atomic E-state index is 13.5. The van der Waals surface area contributed by atoms with Crippen LogP contribution in [0.25, 0.3) is 0 Å². The van der Waals surface area contributed by atoms with E-state index in [-0.39, 0.29) is 36.7 Å². The molecule has 0 aliphatic rings. The largest absolute Gasteiger partial charge is 0.395 e. The molecule has 6 heteroatoms. The van der Waals surface area contributed by atoms with Gasteiger partial charge in [0.15, 0.2) is 0 Å². The Kier molecular flexibility index (Phi) is 6.04. The summed E-state index contributed by atoms with van der Waals surface area (Å²) in [5, 5.41) is 14.2. The van der Waals surface area contributed by atoms with E-state index < -0.39 is 5.82 Å². The fraction of sp³-hybridized carbons (Fsp3) is 0.417. The summed E-state index contributed by atoms with van der Waals surface area (Å²) in [6, 6.07) is 4.48. The van der Waals surface area contributed by atoms with Crippen molar-refractivity contribution in [1.29, 1.82) is 0 Å². The lowest BCUT2D eigenvalue weighted by molar-refractivity contribution is -0.120. The van der Waals surface area contributed by atoms with Gasteiger partial charge in [-0.3, -0.25) is 4.79 Å². The highest BCUT2D eigenvalue weighted by atomic mass is 35.5. The molecule has 1 rings (SSSR count). The van der Waals surface area contributed by atoms with Gasteiger partial charge in [-0.2, -0.15) is 0 Å². The summed E-state index contributed by atoms with van der Waals surface area (Å²) in [5.41, 5.74) is 0.339. The predicted octanol–water partition coefficient (Wildman–Crippen LogP) is 1.07. The Morgan fingerprint density at radius 1 is 1.56 bits per heavy atom. The molecule has 0 aliphatic heterocycles. The third-order valence-corrected chi connectivity index (χ3v) is 2.68. The molecule has 0 heterocycles. The lowest BCUT2D eigenvalue weighted by Gasteiger charge is -2.11. The highest BCUT2D eigenvalue weighted by molar-refractivity contribution is 6.30. The zero-order chi connectivity index (χ0) is 13.5. The Labute approximate surface area is 110 Å². The zero-order valence-corrected chi connectivity index (χ0v) is 10.8. The van der Waals surface area contributed by atoms with Gasteiger partial charge in [-0.05, 0) is 13.0 Å². The number of amides is 1. The average Bonchev–Trinajstić information content (AvgIpc) is 2.37. The summed E-state index contributed by atoms with van der Waals surface area (Å²) in [5.74, 6) is -0.786. The number of aliphatic hydroxyl groups is 1. The van der Waals surface area contributed by atoms with Gasteiger partial charge in [-0.1, -0.05) is 23.7 Å². The fourth-order valence-corrected chi connectivity index (χ4v) is 1.47. The van der Waals surface area contributed by atoms with Crippen LogP contribution in [0.4, 0.5) is 4.39 Å². The number of halogens is 2. The Morgan fingerprint density at radius 3 is 2.94 bits per heavy atom. The van der Waals surface area contributed by atoms with E-state index in [1.807, 2.05) is 0 Å². The van der Waals surface area contributed by atoms with Crippen molar-refractivity contribution in [3.8, 4) is 0 Å². The van der Waals surface area contributed by atoms with Crippen LogP contribution in [-0.2, 0) is 11.3 Å². The Balaban J connectivity index is 2.41. The lowest BCUT2D eigenvalue weighted by Crippen LogP contribution is -2.39. The minimum absolute atomic E-state index is 0.0359. The first-order valence-electron chi connectivity index (χ1n) is 5.58. The molecule has 18 heavy (non-hydrogen) atoms. The van der Waals surface area contributed by atoms with E-state index in [2.05, 4.69) is 10.6 Å². The standard InChI is InChI=1S/C12H16ClFN2O2/c1-8(7-17)15-6-11(18)16-5-9-3-2-4-10(13)12(9)14/h2-4,8,15,17H,5-7H2,1H3,(H,16,18)/t8-/m0/s1. The molecular weight excluding hydrogens is 259 g/mol. The van der Waals surface area contributed by atoms with Crippen molar-refractivity contribution in [2.75, 3.05) is 13.2 Å². The molecule has 0 bridgehead atoms. The zero-order valence-electron chi connectivity index (χ0n) is 10.0. The van der Waals surface area contributed by atoms with E-state index in [0.29, 0.717) is 5.56 Å². The van der Waals surface area contributed by atoms with E-state index in [1.54, 1.807) is 19.1 Å². The molecule has 1 atom stereocenters. The van der Waals surface area contributed by atoms with Crippen LogP contribution in [0.15, 0.2) is 18.2 Å². The number of hydrogen-bond donors (Lipinski definition) is 3. The van der Waals surface area contributed by atoms with E-state index in [4.69, 9.17) is 16.7 Å². The summed E-state index contributed by atoms with van der Waals surface area (Å²) in [6.45, 7) is 1.87. The van der Waals surface area contributed by atoms with E-state index >= 15 is 0 Å². The number of rotatable bonds is 6. The van der Waals surface area contributed by atoms with E-state index in [1.165, 1.54) is 6.07 Å². The average molecular weight is 275 g/mol. The smallest absolute Gasteiger partial charge is 0.234 e. The van der Waals surface area contributed by atoms with Crippen LogP contribution < -0.4 is 10.6 Å². The number of nitrogens with one attached hydrogen (secondary N) is 2. The van der Waals surface area contributed by atoms with Crippen LogP contribution in [-0.4, -0.2) is 30.2 Å². The minimum Gasteiger partial charge on any atom is -0.395 e. The summed E-state index contributed by atoms with van der Waals surface area (Å²) < 4.78 is 13.5. The molecule has 3 N–H and O–H groups in total. The lowest BCUT2D eigenvalue weighted by atomic mass is 10.2. The van der Waals surface area contributed by atoms with Gasteiger partial charge in [0.1, 0.15) is 5.82 Å². The molecule has 0 aromatic heterocycles. The topological polar surface area (TPSA) is 61.4 Å². The van der Waals surface area contributed by atoms with Crippen LogP contribution in [0.1, 0.15) is 12.5 Å². The minimum atomic E-state index is -0.517. The first-order valence-corrected chi connectivity index (χ1v) is 5.96. The molecular formula is C12H16ClFN2O2. The van der Waals surface area contributed by atoms with Crippen molar-refractivity contribution in [3.05, 3.63) is 34.6 Å². The Bertz CT molecular complexity index is 415. The molecule has 0 saturated carbocycles. The number of carbonyl (C=O) groups is 1. The first-order chi connectivity index (χ1) is 8.54. The van der Waals surface area contributed by atoms with Gasteiger partial charge in [0.05, 0.1) is 18.2 Å². The van der Waals surface area contributed by atoms with Gasteiger partial charge >= 0.3 is 0 Å². The van der Waals surface area contributed by atoms with Crippen LogP contribution in [0, 0.1) is 5.82 Å². The molecule has 100 valence electrons. The summed E-state index contributed by atoms with van der Waals surface area (Å²) >= 11 is 5.62. The van der Waals surface area contributed by atoms with Crippen LogP contribution in [0.5, 0.6) is 0 Å². The quantitative estimate of drug-likeness (QED) is 0.727. The second kappa shape index (κ2) is 7.31. The Morgan fingerprint density at radius 2 is 2.28 bits per heavy atom. The van der Waals surface area contributed by atoms with Crippen molar-refractivity contribution in [2.45, 2.75) is 19.5 Å². The summed E-state index contributed by atoms with van der Waals surface area (Å²) in [7, 11) is 0. The molecule has 0 unspecified atom stereocenters. The molecule has 1 amide bonds. The van der Waals surface area contributed by atoms with Crippen LogP contribution >= 0.6 is 11.6 Å². The van der Waals surface area contributed by atoms with Crippen molar-refractivity contribution >= 4 is 17.5 Å². The van der Waals surface area contributed by atoms with Crippen molar-refractivity contribution in [3.63, 3.8) is 0 Å². The third-order valence-electron chi connectivity index (χ3n) is 2.39. The van der Waals surface area contributed by atoms with Crippen molar-refractivity contribution in [2.24, 2.45) is 0 Å². The third kappa shape index (κ3) is 4.60. The summed E-state index contributed by atoms with van der Waals surface area (Å²) in [6.07, 6.45) is 0. The molecule has 0 aliphatic carbocycles. The number of carbonyl (C=O) groups excluding carboxylic acids is 1. The second-order valence-electron chi connectivity index (χ2n) is 3.95. The predicted molar refractivity (Wildman–Crippen MR) is 67.8 cm³/mol. The van der Waals surface area contributed by atoms with Gasteiger partial charge in [0.2, 0.25) is 5.91 Å². The number of aliphatic hydroxyl groups excluding tert-OH is 1. The molecule has 4 nitrogen and oxygen atoms in total. The molecule has 1 aromatic rings. The van der Waals surface area contributed by atoms with Crippen LogP contribution in [0.2, 0.25) is 5.02 Å². The Hall–Kier alpha value is -1.17. The van der Waals surface area contributed by atoms with Gasteiger partial charge in [0.25, 0.3) is 0 Å². The first kappa shape index (κ1) is 14.9. The van der Waals surface area contributed by atoms with E-state index in [0.717, 1.165) is 0 Å². The molecule has 0 spiro atoms. The second-order valence-corrected chi connectivity index (χ2v) is 4.36. The maximum Gasteiger partial charge on any atom is 0.234 e.